The summed E-state index contributed by atoms with van der Waals surface area (Å²) in [6.07, 6.45) is 0. The quantitative estimate of drug-likeness (QED) is 0.270. The molecule has 9 heteroatoms. The molecular formula is C8H16O8S. The molecular weight excluding hydrogens is 256 g/mol. The standard InChI is InChI=1S/C4H10O6S.C4H6O2/c5-1-2-10-3-4(6)11(7,8)9;1-3(2)4(5)6/h4-6H,1-3H2,(H,7,8,9);1H2,2H3,(H,5,6). The molecule has 0 amide bonds. The van der Waals surface area contributed by atoms with Crippen molar-refractivity contribution < 1.29 is 37.8 Å². The van der Waals surface area contributed by atoms with E-state index >= 15 is 0 Å². The molecule has 0 aromatic heterocycles. The molecule has 0 fully saturated rings. The van der Waals surface area contributed by atoms with Crippen molar-refractivity contribution in [3.63, 3.8) is 0 Å². The predicted molar refractivity (Wildman–Crippen MR) is 57.9 cm³/mol. The van der Waals surface area contributed by atoms with Crippen LogP contribution in [0.25, 0.3) is 0 Å². The van der Waals surface area contributed by atoms with E-state index in [0.29, 0.717) is 0 Å². The average Bonchev–Trinajstić information content (AvgIpc) is 2.17. The van der Waals surface area contributed by atoms with E-state index in [1.54, 1.807) is 0 Å². The number of hydrogen-bond donors (Lipinski definition) is 4. The third-order valence-corrected chi connectivity index (χ3v) is 2.03. The molecule has 0 aromatic rings. The Morgan fingerprint density at radius 2 is 1.88 bits per heavy atom. The third kappa shape index (κ3) is 12.9. The summed E-state index contributed by atoms with van der Waals surface area (Å²) in [5, 5.41) is 24.6. The van der Waals surface area contributed by atoms with Gasteiger partial charge in [0.25, 0.3) is 10.1 Å². The van der Waals surface area contributed by atoms with Gasteiger partial charge in [-0.25, -0.2) is 4.79 Å². The van der Waals surface area contributed by atoms with Crippen LogP contribution in [-0.2, 0) is 19.6 Å². The van der Waals surface area contributed by atoms with Crippen LogP contribution in [0, 0.1) is 0 Å². The fraction of sp³-hybridized carbons (Fsp3) is 0.625. The molecule has 0 bridgehead atoms. The van der Waals surface area contributed by atoms with Crippen LogP contribution < -0.4 is 0 Å². The topological polar surface area (TPSA) is 141 Å². The molecule has 0 rings (SSSR count). The lowest BCUT2D eigenvalue weighted by atomic mass is 10.4. The lowest BCUT2D eigenvalue weighted by Crippen LogP contribution is -2.26. The fourth-order valence-electron chi connectivity index (χ4n) is 0.335. The molecule has 0 aromatic carbocycles. The first-order chi connectivity index (χ1) is 7.62. The highest BCUT2D eigenvalue weighted by atomic mass is 32.2. The number of hydrogen-bond acceptors (Lipinski definition) is 6. The van der Waals surface area contributed by atoms with Crippen molar-refractivity contribution in [3.8, 4) is 0 Å². The Bertz CT molecular complexity index is 321. The summed E-state index contributed by atoms with van der Waals surface area (Å²) >= 11 is 0. The molecule has 1 atom stereocenters. The minimum absolute atomic E-state index is 0.0768. The van der Waals surface area contributed by atoms with Crippen molar-refractivity contribution in [2.75, 3.05) is 19.8 Å². The van der Waals surface area contributed by atoms with E-state index in [1.165, 1.54) is 6.92 Å². The molecule has 1 unspecified atom stereocenters. The maximum Gasteiger partial charge on any atom is 0.330 e. The highest BCUT2D eigenvalue weighted by Crippen LogP contribution is 1.93. The summed E-state index contributed by atoms with van der Waals surface area (Å²) in [7, 11) is -4.43. The maximum absolute atomic E-state index is 10.1. The van der Waals surface area contributed by atoms with E-state index < -0.39 is 28.1 Å². The second kappa shape index (κ2) is 9.07. The highest BCUT2D eigenvalue weighted by Gasteiger charge is 2.18. The molecule has 102 valence electrons. The number of aliphatic carboxylic acids is 1. The monoisotopic (exact) mass is 272 g/mol. The van der Waals surface area contributed by atoms with Gasteiger partial charge >= 0.3 is 5.97 Å². The zero-order valence-electron chi connectivity index (χ0n) is 9.24. The van der Waals surface area contributed by atoms with Gasteiger partial charge in [-0.05, 0) is 6.92 Å². The Morgan fingerprint density at radius 1 is 1.47 bits per heavy atom. The number of carbonyl (C=O) groups is 1. The van der Waals surface area contributed by atoms with Crippen LogP contribution in [0.3, 0.4) is 0 Å². The number of aliphatic hydroxyl groups excluding tert-OH is 2. The first kappa shape index (κ1) is 18.4. The van der Waals surface area contributed by atoms with Crippen LogP contribution in [0.4, 0.5) is 0 Å². The summed E-state index contributed by atoms with van der Waals surface area (Å²) in [6, 6.07) is 0. The van der Waals surface area contributed by atoms with Gasteiger partial charge in [0.2, 0.25) is 5.44 Å². The molecule has 0 heterocycles. The molecule has 0 spiro atoms. The summed E-state index contributed by atoms with van der Waals surface area (Å²) in [5.74, 6) is -0.935. The normalized spacial score (nSPS) is 12.2. The first-order valence-corrected chi connectivity index (χ1v) is 5.85. The Hall–Kier alpha value is -1.00. The second-order valence-corrected chi connectivity index (χ2v) is 4.43. The first-order valence-electron chi connectivity index (χ1n) is 4.34. The number of ether oxygens (including phenoxy) is 1. The number of rotatable bonds is 6. The zero-order valence-corrected chi connectivity index (χ0v) is 10.1. The minimum Gasteiger partial charge on any atom is -0.478 e. The van der Waals surface area contributed by atoms with Crippen LogP contribution in [0.5, 0.6) is 0 Å². The lowest BCUT2D eigenvalue weighted by molar-refractivity contribution is -0.132. The molecule has 0 aliphatic heterocycles. The molecule has 8 nitrogen and oxygen atoms in total. The number of aliphatic hydroxyl groups is 2. The van der Waals surface area contributed by atoms with Crippen LogP contribution in [0.2, 0.25) is 0 Å². The molecule has 0 aliphatic rings. The molecule has 0 saturated heterocycles. The SMILES string of the molecule is C=C(C)C(=O)O.O=S(=O)(O)C(O)COCCO. The molecule has 0 aliphatic carbocycles. The Balaban J connectivity index is 0. The van der Waals surface area contributed by atoms with Gasteiger partial charge in [0.05, 0.1) is 19.8 Å². The van der Waals surface area contributed by atoms with Crippen molar-refractivity contribution in [3.05, 3.63) is 12.2 Å². The Labute approximate surface area is 98.9 Å². The van der Waals surface area contributed by atoms with Gasteiger partial charge in [0.15, 0.2) is 0 Å². The summed E-state index contributed by atoms with van der Waals surface area (Å²) in [5.41, 5.74) is -1.76. The van der Waals surface area contributed by atoms with E-state index in [-0.39, 0.29) is 18.8 Å². The predicted octanol–water partition coefficient (Wildman–Crippen LogP) is -1.15. The maximum atomic E-state index is 10.1. The van der Waals surface area contributed by atoms with Crippen molar-refractivity contribution >= 4 is 16.1 Å². The van der Waals surface area contributed by atoms with Crippen LogP contribution in [0.1, 0.15) is 6.92 Å². The molecule has 0 radical (unpaired) electrons. The van der Waals surface area contributed by atoms with Crippen LogP contribution >= 0.6 is 0 Å². The van der Waals surface area contributed by atoms with E-state index in [1.807, 2.05) is 0 Å². The third-order valence-electron chi connectivity index (χ3n) is 1.20. The van der Waals surface area contributed by atoms with Gasteiger partial charge in [0, 0.05) is 5.57 Å². The average molecular weight is 272 g/mol. The summed E-state index contributed by atoms with van der Waals surface area (Å²) < 4.78 is 32.8. The van der Waals surface area contributed by atoms with Crippen molar-refractivity contribution in [2.45, 2.75) is 12.4 Å². The molecule has 17 heavy (non-hydrogen) atoms. The lowest BCUT2D eigenvalue weighted by Gasteiger charge is -2.06. The van der Waals surface area contributed by atoms with Gasteiger partial charge in [-0.15, -0.1) is 0 Å². The fourth-order valence-corrected chi connectivity index (χ4v) is 0.603. The Morgan fingerprint density at radius 3 is 2.12 bits per heavy atom. The van der Waals surface area contributed by atoms with Crippen molar-refractivity contribution in [1.29, 1.82) is 0 Å². The Kier molecular flexibility index (Phi) is 9.80. The van der Waals surface area contributed by atoms with Gasteiger partial charge in [0.1, 0.15) is 0 Å². The van der Waals surface area contributed by atoms with Crippen LogP contribution in [0.15, 0.2) is 12.2 Å². The minimum atomic E-state index is -4.43. The van der Waals surface area contributed by atoms with Gasteiger partial charge in [-0.1, -0.05) is 6.58 Å². The van der Waals surface area contributed by atoms with E-state index in [0.717, 1.165) is 0 Å². The van der Waals surface area contributed by atoms with Gasteiger partial charge in [-0.2, -0.15) is 8.42 Å². The second-order valence-electron chi connectivity index (χ2n) is 2.85. The van der Waals surface area contributed by atoms with E-state index in [9.17, 15) is 13.2 Å². The van der Waals surface area contributed by atoms with E-state index in [4.69, 9.17) is 19.9 Å². The number of carboxylic acid groups (broad SMARTS) is 1. The van der Waals surface area contributed by atoms with Crippen LogP contribution in [-0.4, -0.2) is 59.5 Å². The number of carboxylic acids is 1. The van der Waals surface area contributed by atoms with Crippen molar-refractivity contribution in [2.24, 2.45) is 0 Å². The largest absolute Gasteiger partial charge is 0.478 e. The highest BCUT2D eigenvalue weighted by molar-refractivity contribution is 7.86. The van der Waals surface area contributed by atoms with Gasteiger partial charge < -0.3 is 20.1 Å². The van der Waals surface area contributed by atoms with Crippen molar-refractivity contribution in [1.82, 2.24) is 0 Å². The smallest absolute Gasteiger partial charge is 0.330 e. The molecule has 4 N–H and O–H groups in total. The summed E-state index contributed by atoms with van der Waals surface area (Å²) in [4.78, 5) is 9.60. The van der Waals surface area contributed by atoms with E-state index in [2.05, 4.69) is 11.3 Å². The van der Waals surface area contributed by atoms with Gasteiger partial charge in [-0.3, -0.25) is 4.55 Å². The molecule has 0 saturated carbocycles. The zero-order chi connectivity index (χ0) is 14.1. The summed E-state index contributed by atoms with van der Waals surface area (Å²) in [6.45, 7) is 3.72.